The fraction of sp³-hybridized carbons (Fsp3) is 0.333. The van der Waals surface area contributed by atoms with Gasteiger partial charge in [-0.1, -0.05) is 0 Å². The maximum absolute atomic E-state index is 5.13. The van der Waals surface area contributed by atoms with Gasteiger partial charge in [-0.2, -0.15) is 0 Å². The van der Waals surface area contributed by atoms with Crippen molar-refractivity contribution in [2.45, 2.75) is 13.8 Å². The summed E-state index contributed by atoms with van der Waals surface area (Å²) in [7, 11) is 0. The maximum atomic E-state index is 5.13. The molecule has 0 rings (SSSR count). The normalized spacial score (nSPS) is 13.8. The van der Waals surface area contributed by atoms with E-state index >= 15 is 0 Å². The van der Waals surface area contributed by atoms with Gasteiger partial charge >= 0.3 is 0 Å². The lowest BCUT2D eigenvalue weighted by Crippen LogP contribution is -1.80. The summed E-state index contributed by atoms with van der Waals surface area (Å²) >= 11 is 0. The Balaban J connectivity index is 3.71. The molecule has 0 heterocycles. The van der Waals surface area contributed by atoms with Crippen molar-refractivity contribution in [1.29, 1.82) is 0 Å². The molecule has 0 aliphatic carbocycles. The molecule has 0 amide bonds. The van der Waals surface area contributed by atoms with E-state index in [2.05, 4.69) is 9.98 Å². The molecule has 0 bridgehead atoms. The molecule has 0 saturated heterocycles. The molecule has 3 heteroatoms. The molecule has 0 aromatic carbocycles. The van der Waals surface area contributed by atoms with Gasteiger partial charge in [-0.25, -0.2) is 9.98 Å². The van der Waals surface area contributed by atoms with Crippen LogP contribution in [-0.2, 0) is 0 Å². The van der Waals surface area contributed by atoms with E-state index in [1.54, 1.807) is 6.21 Å². The van der Waals surface area contributed by atoms with Crippen LogP contribution in [0.2, 0.25) is 0 Å². The van der Waals surface area contributed by atoms with Crippen molar-refractivity contribution in [1.82, 2.24) is 0 Å². The zero-order chi connectivity index (χ0) is 7.11. The Labute approximate surface area is 55.0 Å². The van der Waals surface area contributed by atoms with Crippen molar-refractivity contribution in [2.24, 2.45) is 15.7 Å². The highest BCUT2D eigenvalue weighted by molar-refractivity contribution is 5.71. The molecule has 0 aromatic rings. The molecular formula is C6H11N3. The molecule has 0 radical (unpaired) electrons. The largest absolute Gasteiger partial charge is 0.403 e. The first-order valence-electron chi connectivity index (χ1n) is 2.70. The van der Waals surface area contributed by atoms with Crippen LogP contribution >= 0.6 is 0 Å². The molecule has 0 fully saturated rings. The summed E-state index contributed by atoms with van der Waals surface area (Å²) in [4.78, 5) is 7.59. The van der Waals surface area contributed by atoms with Gasteiger partial charge in [0, 0.05) is 12.4 Å². The standard InChI is InChI=1S/C6H11N3/c1-3-8-5-9-6(2)4-7/h3-5H,7H2,1-2H3/b6-4+,8-3?,9-5?. The highest BCUT2D eigenvalue weighted by atomic mass is 14.9. The average molecular weight is 125 g/mol. The van der Waals surface area contributed by atoms with Crippen LogP contribution in [0.1, 0.15) is 13.8 Å². The molecule has 0 atom stereocenters. The zero-order valence-electron chi connectivity index (χ0n) is 5.70. The van der Waals surface area contributed by atoms with Gasteiger partial charge in [0.2, 0.25) is 0 Å². The van der Waals surface area contributed by atoms with Gasteiger partial charge in [0.15, 0.2) is 0 Å². The van der Waals surface area contributed by atoms with Gasteiger partial charge in [-0.15, -0.1) is 0 Å². The summed E-state index contributed by atoms with van der Waals surface area (Å²) in [5, 5.41) is 0. The van der Waals surface area contributed by atoms with Crippen LogP contribution in [0.5, 0.6) is 0 Å². The van der Waals surface area contributed by atoms with Crippen molar-refractivity contribution < 1.29 is 0 Å². The van der Waals surface area contributed by atoms with E-state index in [1.165, 1.54) is 12.5 Å². The molecular weight excluding hydrogens is 114 g/mol. The number of aliphatic imine (C=N–C) groups is 2. The van der Waals surface area contributed by atoms with E-state index in [1.807, 2.05) is 13.8 Å². The summed E-state index contributed by atoms with van der Waals surface area (Å²) in [5.74, 6) is 0. The number of hydrogen-bond acceptors (Lipinski definition) is 2. The Morgan fingerprint density at radius 3 is 2.67 bits per heavy atom. The van der Waals surface area contributed by atoms with Crippen LogP contribution in [0.15, 0.2) is 21.9 Å². The topological polar surface area (TPSA) is 50.7 Å². The second-order valence-corrected chi connectivity index (χ2v) is 1.46. The van der Waals surface area contributed by atoms with Crippen LogP contribution in [0.3, 0.4) is 0 Å². The van der Waals surface area contributed by atoms with E-state index in [0.29, 0.717) is 0 Å². The first kappa shape index (κ1) is 7.88. The summed E-state index contributed by atoms with van der Waals surface area (Å²) in [5.41, 5.74) is 5.89. The second-order valence-electron chi connectivity index (χ2n) is 1.46. The highest BCUT2D eigenvalue weighted by Crippen LogP contribution is 1.86. The molecule has 0 aliphatic heterocycles. The highest BCUT2D eigenvalue weighted by Gasteiger charge is 1.73. The van der Waals surface area contributed by atoms with Gasteiger partial charge in [-0.3, -0.25) is 0 Å². The molecule has 0 aromatic heterocycles. The minimum Gasteiger partial charge on any atom is -0.403 e. The fourth-order valence-electron chi connectivity index (χ4n) is 0.234. The van der Waals surface area contributed by atoms with E-state index in [-0.39, 0.29) is 0 Å². The fourth-order valence-corrected chi connectivity index (χ4v) is 0.234. The van der Waals surface area contributed by atoms with Crippen molar-refractivity contribution in [3.05, 3.63) is 11.9 Å². The Bertz CT molecular complexity index is 144. The first-order valence-corrected chi connectivity index (χ1v) is 2.70. The molecule has 2 N–H and O–H groups in total. The maximum Gasteiger partial charge on any atom is 0.115 e. The molecule has 0 unspecified atom stereocenters. The van der Waals surface area contributed by atoms with Crippen molar-refractivity contribution in [3.63, 3.8) is 0 Å². The number of nitrogens with zero attached hydrogens (tertiary/aromatic N) is 2. The monoisotopic (exact) mass is 125 g/mol. The quantitative estimate of drug-likeness (QED) is 0.433. The number of hydrogen-bond donors (Lipinski definition) is 1. The lowest BCUT2D eigenvalue weighted by molar-refractivity contribution is 1.27. The smallest absolute Gasteiger partial charge is 0.115 e. The van der Waals surface area contributed by atoms with Gasteiger partial charge < -0.3 is 5.73 Å². The Hall–Kier alpha value is -1.12. The first-order chi connectivity index (χ1) is 4.31. The molecule has 0 saturated carbocycles. The summed E-state index contributed by atoms with van der Waals surface area (Å²) in [6.07, 6.45) is 4.55. The van der Waals surface area contributed by atoms with Gasteiger partial charge in [0.05, 0.1) is 5.70 Å². The van der Waals surface area contributed by atoms with Crippen molar-refractivity contribution in [2.75, 3.05) is 0 Å². The van der Waals surface area contributed by atoms with E-state index in [4.69, 9.17) is 5.73 Å². The van der Waals surface area contributed by atoms with E-state index in [9.17, 15) is 0 Å². The predicted molar refractivity (Wildman–Crippen MR) is 40.6 cm³/mol. The Morgan fingerprint density at radius 1 is 1.56 bits per heavy atom. The molecule has 50 valence electrons. The summed E-state index contributed by atoms with van der Waals surface area (Å²) < 4.78 is 0. The third-order valence-corrected chi connectivity index (χ3v) is 0.718. The Kier molecular flexibility index (Phi) is 4.40. The minimum absolute atomic E-state index is 0.764. The SMILES string of the molecule is CC=NC=N/C(C)=C/N. The third-order valence-electron chi connectivity index (χ3n) is 0.718. The lowest BCUT2D eigenvalue weighted by Gasteiger charge is -1.82. The van der Waals surface area contributed by atoms with E-state index in [0.717, 1.165) is 5.70 Å². The van der Waals surface area contributed by atoms with Crippen LogP contribution in [-0.4, -0.2) is 12.6 Å². The zero-order valence-corrected chi connectivity index (χ0v) is 5.70. The predicted octanol–water partition coefficient (Wildman–Crippen LogP) is 0.925. The van der Waals surface area contributed by atoms with Crippen LogP contribution in [0.4, 0.5) is 0 Å². The van der Waals surface area contributed by atoms with Crippen LogP contribution in [0.25, 0.3) is 0 Å². The number of rotatable bonds is 2. The van der Waals surface area contributed by atoms with Gasteiger partial charge in [0.25, 0.3) is 0 Å². The van der Waals surface area contributed by atoms with Crippen molar-refractivity contribution >= 4 is 12.6 Å². The van der Waals surface area contributed by atoms with Gasteiger partial charge in [0.1, 0.15) is 6.34 Å². The molecule has 0 aliphatic rings. The Morgan fingerprint density at radius 2 is 2.22 bits per heavy atom. The third kappa shape index (κ3) is 4.74. The van der Waals surface area contributed by atoms with E-state index < -0.39 is 0 Å². The van der Waals surface area contributed by atoms with Crippen LogP contribution < -0.4 is 5.73 Å². The average Bonchev–Trinajstić information content (AvgIpc) is 1.89. The van der Waals surface area contributed by atoms with Crippen molar-refractivity contribution in [3.8, 4) is 0 Å². The molecule has 0 spiro atoms. The minimum atomic E-state index is 0.764. The van der Waals surface area contributed by atoms with Gasteiger partial charge in [-0.05, 0) is 13.8 Å². The van der Waals surface area contributed by atoms with Crippen LogP contribution in [0, 0.1) is 0 Å². The molecule has 9 heavy (non-hydrogen) atoms. The number of nitrogens with two attached hydrogens (primary N) is 1. The second kappa shape index (κ2) is 5.03. The molecule has 3 nitrogen and oxygen atoms in total. The summed E-state index contributed by atoms with van der Waals surface area (Å²) in [6.45, 7) is 3.63. The summed E-state index contributed by atoms with van der Waals surface area (Å²) in [6, 6.07) is 0. The number of allylic oxidation sites excluding steroid dienone is 1. The lowest BCUT2D eigenvalue weighted by atomic mass is 10.6.